The van der Waals surface area contributed by atoms with Gasteiger partial charge in [0.1, 0.15) is 4.75 Å². The third kappa shape index (κ3) is 5.42. The summed E-state index contributed by atoms with van der Waals surface area (Å²) in [5.74, 6) is -0.0121. The van der Waals surface area contributed by atoms with E-state index in [2.05, 4.69) is 36.4 Å². The minimum Gasteiger partial charge on any atom is -0.396 e. The van der Waals surface area contributed by atoms with E-state index in [1.165, 1.54) is 12.4 Å². The van der Waals surface area contributed by atoms with Gasteiger partial charge in [-0.05, 0) is 60.3 Å². The topological polar surface area (TPSA) is 104 Å². The van der Waals surface area contributed by atoms with Gasteiger partial charge in [0.15, 0.2) is 9.84 Å². The molecule has 7 heteroatoms. The summed E-state index contributed by atoms with van der Waals surface area (Å²) >= 11 is 0. The lowest BCUT2D eigenvalue weighted by atomic mass is 9.97. The summed E-state index contributed by atoms with van der Waals surface area (Å²) in [5.41, 5.74) is 5.61. The smallest absolute Gasteiger partial charge is 0.264 e. The van der Waals surface area contributed by atoms with Crippen molar-refractivity contribution >= 4 is 21.8 Å². The van der Waals surface area contributed by atoms with Gasteiger partial charge in [-0.15, -0.1) is 0 Å². The molecule has 0 heterocycles. The highest BCUT2D eigenvalue weighted by atomic mass is 32.2. The number of aryl methyl sites for hydroxylation is 1. The number of sulfone groups is 1. The molecule has 6 nitrogen and oxygen atoms in total. The van der Waals surface area contributed by atoms with Crippen molar-refractivity contribution in [3.05, 3.63) is 65.7 Å². The molecule has 0 saturated heterocycles. The van der Waals surface area contributed by atoms with Crippen LogP contribution in [0.15, 0.2) is 54.6 Å². The zero-order chi connectivity index (χ0) is 22.6. The maximum Gasteiger partial charge on any atom is 0.264 e. The fraction of sp³-hybridized carbons (Fsp3) is 0.375. The van der Waals surface area contributed by atoms with Crippen LogP contribution in [-0.2, 0) is 21.1 Å². The van der Waals surface area contributed by atoms with E-state index in [1.807, 2.05) is 24.3 Å². The van der Waals surface area contributed by atoms with E-state index in [1.54, 1.807) is 0 Å². The third-order valence-electron chi connectivity index (χ3n) is 6.24. The Kier molecular flexibility index (Phi) is 6.99. The van der Waals surface area contributed by atoms with Crippen LogP contribution in [0.25, 0.3) is 17.2 Å². The second-order valence-electron chi connectivity index (χ2n) is 8.46. The summed E-state index contributed by atoms with van der Waals surface area (Å²) < 4.78 is 22.5. The first-order valence-corrected chi connectivity index (χ1v) is 12.2. The van der Waals surface area contributed by atoms with E-state index in [9.17, 15) is 13.2 Å². The lowest BCUT2D eigenvalue weighted by molar-refractivity contribution is -0.131. The van der Waals surface area contributed by atoms with Crippen LogP contribution >= 0.6 is 0 Å². The van der Waals surface area contributed by atoms with Crippen LogP contribution in [0.4, 0.5) is 0 Å². The largest absolute Gasteiger partial charge is 0.396 e. The summed E-state index contributed by atoms with van der Waals surface area (Å²) in [4.78, 5) is 11.9. The Hall–Kier alpha value is -2.48. The lowest BCUT2D eigenvalue weighted by Gasteiger charge is -2.25. The van der Waals surface area contributed by atoms with Gasteiger partial charge in [-0.3, -0.25) is 10.0 Å². The highest BCUT2D eigenvalue weighted by molar-refractivity contribution is 7.92. The number of allylic oxidation sites excluding steroid dienone is 1. The van der Waals surface area contributed by atoms with Gasteiger partial charge in [-0.2, -0.15) is 0 Å². The van der Waals surface area contributed by atoms with E-state index >= 15 is 0 Å². The number of aliphatic hydroxyl groups is 1. The Bertz CT molecular complexity index is 1040. The van der Waals surface area contributed by atoms with Crippen molar-refractivity contribution < 1.29 is 23.5 Å². The van der Waals surface area contributed by atoms with Gasteiger partial charge in [0.25, 0.3) is 5.91 Å². The summed E-state index contributed by atoms with van der Waals surface area (Å²) in [7, 11) is -3.70. The quantitative estimate of drug-likeness (QED) is 0.408. The van der Waals surface area contributed by atoms with Crippen LogP contribution in [0, 0.1) is 11.8 Å². The van der Waals surface area contributed by atoms with Crippen molar-refractivity contribution in [3.63, 3.8) is 0 Å². The van der Waals surface area contributed by atoms with Crippen LogP contribution in [-0.4, -0.2) is 42.2 Å². The van der Waals surface area contributed by atoms with Gasteiger partial charge in [0, 0.05) is 12.9 Å². The monoisotopic (exact) mass is 443 g/mol. The normalized spacial score (nSPS) is 20.4. The van der Waals surface area contributed by atoms with Gasteiger partial charge >= 0.3 is 0 Å². The van der Waals surface area contributed by atoms with Crippen molar-refractivity contribution in [2.45, 2.75) is 30.9 Å². The summed E-state index contributed by atoms with van der Waals surface area (Å²) in [5, 5.41) is 18.0. The van der Waals surface area contributed by atoms with E-state index < -0.39 is 20.5 Å². The van der Waals surface area contributed by atoms with Crippen molar-refractivity contribution in [2.75, 3.05) is 12.9 Å². The van der Waals surface area contributed by atoms with E-state index in [4.69, 9.17) is 10.3 Å². The predicted molar refractivity (Wildman–Crippen MR) is 121 cm³/mol. The molecular formula is C24H29NO5S. The Morgan fingerprint density at radius 1 is 1.13 bits per heavy atom. The molecule has 31 heavy (non-hydrogen) atoms. The molecule has 1 aliphatic carbocycles. The maximum absolute atomic E-state index is 12.1. The second-order valence-corrected chi connectivity index (χ2v) is 10.9. The Labute approximate surface area is 183 Å². The number of carbonyl (C=O) groups excluding carboxylic acids is 1. The molecule has 1 saturated carbocycles. The number of rotatable bonds is 9. The standard InChI is InChI=1S/C24H29NO5S/c1-24(23(27)25-28,31(2,29)30)14-13-18-5-10-20(11-6-18)19-8-3-17(4-9-19)7-12-21-15-22(21)16-26/h3-12,21-22,26,28H,13-16H2,1-2H3,(H,25,27)/t21-,22-,24?/m0/s1. The average Bonchev–Trinajstić information content (AvgIpc) is 3.54. The molecule has 2 aromatic rings. The first-order valence-electron chi connectivity index (χ1n) is 10.3. The molecule has 1 fully saturated rings. The SMILES string of the molecule is CC(CCc1ccc(-c2ccc(C=C[C@H]3C[C@H]3CO)cc2)cc1)(C(=O)NO)S(C)(=O)=O. The Morgan fingerprint density at radius 2 is 1.71 bits per heavy atom. The number of nitrogens with one attached hydrogen (secondary N) is 1. The molecule has 1 aliphatic rings. The lowest BCUT2D eigenvalue weighted by Crippen LogP contribution is -2.49. The third-order valence-corrected chi connectivity index (χ3v) is 8.26. The zero-order valence-electron chi connectivity index (χ0n) is 17.8. The molecule has 1 unspecified atom stereocenters. The van der Waals surface area contributed by atoms with Crippen LogP contribution in [0.2, 0.25) is 0 Å². The number of hydrogen-bond acceptors (Lipinski definition) is 5. The minimum absolute atomic E-state index is 0.0662. The summed E-state index contributed by atoms with van der Waals surface area (Å²) in [6, 6.07) is 16.0. The fourth-order valence-electron chi connectivity index (χ4n) is 3.57. The van der Waals surface area contributed by atoms with Crippen LogP contribution < -0.4 is 5.48 Å². The molecule has 1 amide bonds. The van der Waals surface area contributed by atoms with Crippen molar-refractivity contribution in [3.8, 4) is 11.1 Å². The molecule has 0 aliphatic heterocycles. The van der Waals surface area contributed by atoms with Crippen LogP contribution in [0.5, 0.6) is 0 Å². The molecular weight excluding hydrogens is 414 g/mol. The molecule has 3 rings (SSSR count). The Balaban J connectivity index is 1.64. The van der Waals surface area contributed by atoms with Crippen LogP contribution in [0.3, 0.4) is 0 Å². The van der Waals surface area contributed by atoms with Crippen molar-refractivity contribution in [1.29, 1.82) is 0 Å². The van der Waals surface area contributed by atoms with Gasteiger partial charge < -0.3 is 5.11 Å². The number of amides is 1. The predicted octanol–water partition coefficient (Wildman–Crippen LogP) is 3.24. The van der Waals surface area contributed by atoms with E-state index in [-0.39, 0.29) is 13.0 Å². The second kappa shape index (κ2) is 9.34. The zero-order valence-corrected chi connectivity index (χ0v) is 18.6. The first kappa shape index (κ1) is 23.2. The molecule has 3 N–H and O–H groups in total. The van der Waals surface area contributed by atoms with Crippen molar-refractivity contribution in [2.24, 2.45) is 11.8 Å². The molecule has 0 spiro atoms. The highest BCUT2D eigenvalue weighted by Gasteiger charge is 2.43. The number of hydrogen-bond donors (Lipinski definition) is 3. The molecule has 0 bridgehead atoms. The van der Waals surface area contributed by atoms with Crippen molar-refractivity contribution in [1.82, 2.24) is 5.48 Å². The number of carbonyl (C=O) groups is 1. The molecule has 0 radical (unpaired) electrons. The molecule has 0 aromatic heterocycles. The first-order chi connectivity index (χ1) is 14.7. The summed E-state index contributed by atoms with van der Waals surface area (Å²) in [6.07, 6.45) is 6.76. The number of benzene rings is 2. The number of aliphatic hydroxyl groups excluding tert-OH is 1. The highest BCUT2D eigenvalue weighted by Crippen LogP contribution is 2.39. The van der Waals surface area contributed by atoms with Gasteiger partial charge in [0.2, 0.25) is 0 Å². The van der Waals surface area contributed by atoms with E-state index in [0.29, 0.717) is 18.3 Å². The minimum atomic E-state index is -3.70. The number of hydroxylamine groups is 1. The van der Waals surface area contributed by atoms with Gasteiger partial charge in [0.05, 0.1) is 0 Å². The fourth-order valence-corrected chi connectivity index (χ4v) is 4.43. The molecule has 166 valence electrons. The van der Waals surface area contributed by atoms with Crippen LogP contribution in [0.1, 0.15) is 30.9 Å². The van der Waals surface area contributed by atoms with Gasteiger partial charge in [-0.1, -0.05) is 60.7 Å². The van der Waals surface area contributed by atoms with E-state index in [0.717, 1.165) is 34.9 Å². The van der Waals surface area contributed by atoms with Gasteiger partial charge in [-0.25, -0.2) is 13.9 Å². The Morgan fingerprint density at radius 3 is 2.19 bits per heavy atom. The maximum atomic E-state index is 12.1. The molecule has 3 atom stereocenters. The molecule has 2 aromatic carbocycles. The average molecular weight is 444 g/mol. The summed E-state index contributed by atoms with van der Waals surface area (Å²) in [6.45, 7) is 1.58.